The van der Waals surface area contributed by atoms with Gasteiger partial charge in [0.15, 0.2) is 0 Å². The zero-order valence-electron chi connectivity index (χ0n) is 11.5. The number of hydrogen-bond donors (Lipinski definition) is 1. The third-order valence-corrected chi connectivity index (χ3v) is 3.54. The second-order valence-electron chi connectivity index (χ2n) is 5.00. The maximum atomic E-state index is 12.1. The highest BCUT2D eigenvalue weighted by atomic mass is 35.5. The summed E-state index contributed by atoms with van der Waals surface area (Å²) >= 11 is 5.98. The monoisotopic (exact) mass is 296 g/mol. The lowest BCUT2D eigenvalue weighted by Crippen LogP contribution is -2.44. The first kappa shape index (κ1) is 14.9. The van der Waals surface area contributed by atoms with Crippen molar-refractivity contribution >= 4 is 23.1 Å². The number of benzene rings is 1. The Bertz CT molecular complexity index is 551. The van der Waals surface area contributed by atoms with Gasteiger partial charge in [-0.3, -0.25) is 4.79 Å². The van der Waals surface area contributed by atoms with Crippen molar-refractivity contribution in [2.45, 2.75) is 19.4 Å². The fourth-order valence-corrected chi connectivity index (χ4v) is 2.51. The molecule has 1 aliphatic rings. The van der Waals surface area contributed by atoms with Crippen molar-refractivity contribution in [1.82, 2.24) is 0 Å². The third kappa shape index (κ3) is 2.67. The lowest BCUT2D eigenvalue weighted by atomic mass is 9.82. The molecule has 1 aliphatic heterocycles. The number of carbonyl (C=O) groups is 1. The zero-order chi connectivity index (χ0) is 14.9. The first-order valence-electron chi connectivity index (χ1n) is 6.37. The molecular weight excluding hydrogens is 280 g/mol. The Morgan fingerprint density at radius 1 is 1.65 bits per heavy atom. The first-order valence-corrected chi connectivity index (χ1v) is 6.75. The lowest BCUT2D eigenvalue weighted by molar-refractivity contribution is -0.154. The summed E-state index contributed by atoms with van der Waals surface area (Å²) in [5, 5.41) is 11.0. The number of fused-ring (bicyclic) bond motifs is 1. The maximum absolute atomic E-state index is 12.1. The van der Waals surface area contributed by atoms with Gasteiger partial charge in [0, 0.05) is 10.6 Å². The Hall–Kier alpha value is -1.52. The summed E-state index contributed by atoms with van der Waals surface area (Å²) in [4.78, 5) is 12.1. The van der Waals surface area contributed by atoms with E-state index in [1.807, 2.05) is 0 Å². The number of aliphatic hydroxyl groups is 1. The van der Waals surface area contributed by atoms with Gasteiger partial charge in [0.2, 0.25) is 0 Å². The number of rotatable bonds is 2. The number of carbonyl (C=O) groups excluding carboxylic acids is 1. The molecule has 1 heterocycles. The largest absolute Gasteiger partial charge is 0.490 e. The van der Waals surface area contributed by atoms with Gasteiger partial charge >= 0.3 is 5.97 Å². The van der Waals surface area contributed by atoms with E-state index < -0.39 is 17.5 Å². The molecule has 2 rings (SSSR count). The first-order chi connectivity index (χ1) is 9.36. The van der Waals surface area contributed by atoms with Crippen LogP contribution in [0.15, 0.2) is 24.8 Å². The molecule has 5 heteroatoms. The smallest absolute Gasteiger partial charge is 0.316 e. The Kier molecular flexibility index (Phi) is 4.06. The molecule has 0 saturated heterocycles. The molecule has 0 saturated carbocycles. The predicted molar refractivity (Wildman–Crippen MR) is 76.7 cm³/mol. The highest BCUT2D eigenvalue weighted by molar-refractivity contribution is 6.30. The van der Waals surface area contributed by atoms with Crippen LogP contribution in [-0.2, 0) is 9.53 Å². The van der Waals surface area contributed by atoms with Gasteiger partial charge in [0.25, 0.3) is 0 Å². The second-order valence-corrected chi connectivity index (χ2v) is 5.43. The van der Waals surface area contributed by atoms with E-state index in [4.69, 9.17) is 21.1 Å². The fraction of sp³-hybridized carbons (Fsp3) is 0.400. The summed E-state index contributed by atoms with van der Waals surface area (Å²) in [5.74, 6) is -0.854. The second kappa shape index (κ2) is 5.46. The van der Waals surface area contributed by atoms with Crippen LogP contribution in [0.3, 0.4) is 0 Å². The molecule has 0 radical (unpaired) electrons. The summed E-state index contributed by atoms with van der Waals surface area (Å²) in [6.45, 7) is 7.40. The number of ether oxygens (including phenoxy) is 2. The highest BCUT2D eigenvalue weighted by Crippen LogP contribution is 2.40. The SMILES string of the molecule is C=C1c2cc(Cl)ccc2OCC(C)(O)C1C(=O)OCC. The minimum absolute atomic E-state index is 0.0237. The molecule has 2 unspecified atom stereocenters. The van der Waals surface area contributed by atoms with Crippen LogP contribution in [-0.4, -0.2) is 29.9 Å². The zero-order valence-corrected chi connectivity index (χ0v) is 12.2. The topological polar surface area (TPSA) is 55.8 Å². The van der Waals surface area contributed by atoms with Gasteiger partial charge in [-0.2, -0.15) is 0 Å². The van der Waals surface area contributed by atoms with Crippen molar-refractivity contribution in [3.63, 3.8) is 0 Å². The minimum atomic E-state index is -1.39. The van der Waals surface area contributed by atoms with Crippen LogP contribution < -0.4 is 4.74 Å². The van der Waals surface area contributed by atoms with Crippen LogP contribution in [0, 0.1) is 5.92 Å². The van der Waals surface area contributed by atoms with Crippen molar-refractivity contribution in [1.29, 1.82) is 0 Å². The van der Waals surface area contributed by atoms with Gasteiger partial charge in [-0.15, -0.1) is 0 Å². The van der Waals surface area contributed by atoms with Crippen LogP contribution in [0.4, 0.5) is 0 Å². The average Bonchev–Trinajstić information content (AvgIpc) is 2.45. The fourth-order valence-electron chi connectivity index (χ4n) is 2.34. The highest BCUT2D eigenvalue weighted by Gasteiger charge is 2.44. The average molecular weight is 297 g/mol. The number of esters is 1. The van der Waals surface area contributed by atoms with Crippen molar-refractivity contribution in [2.75, 3.05) is 13.2 Å². The molecule has 1 aromatic carbocycles. The van der Waals surface area contributed by atoms with E-state index in [0.29, 0.717) is 21.9 Å². The summed E-state index contributed by atoms with van der Waals surface area (Å²) in [6.07, 6.45) is 0. The van der Waals surface area contributed by atoms with E-state index in [2.05, 4.69) is 6.58 Å². The maximum Gasteiger partial charge on any atom is 0.316 e. The van der Waals surface area contributed by atoms with Gasteiger partial charge < -0.3 is 14.6 Å². The Balaban J connectivity index is 2.49. The summed E-state index contributed by atoms with van der Waals surface area (Å²) in [6, 6.07) is 5.06. The van der Waals surface area contributed by atoms with Crippen molar-refractivity contribution in [3.8, 4) is 5.75 Å². The van der Waals surface area contributed by atoms with E-state index in [-0.39, 0.29) is 13.2 Å². The molecule has 2 atom stereocenters. The molecular formula is C15H17ClO4. The van der Waals surface area contributed by atoms with E-state index in [9.17, 15) is 9.90 Å². The van der Waals surface area contributed by atoms with Crippen LogP contribution in [0.25, 0.3) is 5.57 Å². The normalized spacial score (nSPS) is 25.4. The molecule has 0 fully saturated rings. The van der Waals surface area contributed by atoms with Gasteiger partial charge in [0.1, 0.15) is 23.9 Å². The van der Waals surface area contributed by atoms with Crippen LogP contribution in [0.5, 0.6) is 5.75 Å². The van der Waals surface area contributed by atoms with E-state index >= 15 is 0 Å². The molecule has 20 heavy (non-hydrogen) atoms. The Morgan fingerprint density at radius 2 is 2.35 bits per heavy atom. The molecule has 4 nitrogen and oxygen atoms in total. The van der Waals surface area contributed by atoms with Crippen LogP contribution >= 0.6 is 11.6 Å². The van der Waals surface area contributed by atoms with Crippen LogP contribution in [0.1, 0.15) is 19.4 Å². The molecule has 1 aromatic rings. The standard InChI is InChI=1S/C15H17ClO4/c1-4-19-14(17)13-9(2)11-7-10(16)5-6-12(11)20-8-15(13,3)18/h5-7,13,18H,2,4,8H2,1,3H3. The predicted octanol–water partition coefficient (Wildman–Crippen LogP) is 2.68. The number of hydrogen-bond acceptors (Lipinski definition) is 4. The van der Waals surface area contributed by atoms with Crippen molar-refractivity contribution < 1.29 is 19.4 Å². The van der Waals surface area contributed by atoms with Gasteiger partial charge in [-0.05, 0) is 37.6 Å². The summed E-state index contributed by atoms with van der Waals surface area (Å²) < 4.78 is 10.6. The van der Waals surface area contributed by atoms with Crippen molar-refractivity contribution in [3.05, 3.63) is 35.4 Å². The van der Waals surface area contributed by atoms with Crippen molar-refractivity contribution in [2.24, 2.45) is 5.92 Å². The Morgan fingerprint density at radius 3 is 3.00 bits per heavy atom. The molecule has 1 N–H and O–H groups in total. The Labute approximate surface area is 123 Å². The molecule has 0 amide bonds. The molecule has 108 valence electrons. The summed E-state index contributed by atoms with van der Waals surface area (Å²) in [5.41, 5.74) is -0.328. The van der Waals surface area contributed by atoms with E-state index in [1.54, 1.807) is 25.1 Å². The minimum Gasteiger partial charge on any atom is -0.490 e. The van der Waals surface area contributed by atoms with Gasteiger partial charge in [-0.1, -0.05) is 18.2 Å². The molecule has 0 bridgehead atoms. The summed E-state index contributed by atoms with van der Waals surface area (Å²) in [7, 11) is 0. The van der Waals surface area contributed by atoms with E-state index in [0.717, 1.165) is 0 Å². The van der Waals surface area contributed by atoms with Gasteiger partial charge in [-0.25, -0.2) is 0 Å². The molecule has 0 aromatic heterocycles. The van der Waals surface area contributed by atoms with Gasteiger partial charge in [0.05, 0.1) is 6.61 Å². The van der Waals surface area contributed by atoms with Crippen LogP contribution in [0.2, 0.25) is 5.02 Å². The molecule has 0 spiro atoms. The molecule has 0 aliphatic carbocycles. The quantitative estimate of drug-likeness (QED) is 0.853. The number of halogens is 1. The lowest BCUT2D eigenvalue weighted by Gasteiger charge is -2.29. The van der Waals surface area contributed by atoms with E-state index in [1.165, 1.54) is 6.92 Å². The third-order valence-electron chi connectivity index (χ3n) is 3.30.